The molecule has 0 spiro atoms. The third-order valence-corrected chi connectivity index (χ3v) is 4.93. The van der Waals surface area contributed by atoms with Gasteiger partial charge in [-0.15, -0.1) is 0 Å². The Hall–Kier alpha value is -4.72. The van der Waals surface area contributed by atoms with Crippen LogP contribution in [0.2, 0.25) is 0 Å². The maximum atomic E-state index is 12.8. The molecule has 0 saturated carbocycles. The average Bonchev–Trinajstić information content (AvgIpc) is 3.27. The van der Waals surface area contributed by atoms with Crippen molar-refractivity contribution in [3.8, 4) is 11.4 Å². The first-order valence-corrected chi connectivity index (χ1v) is 10.3. The SMILES string of the molecule is O=C(Nc1cccc(OCc2cn3ccccc3n2)c1)c1ccc(=O)n(-c2ccccc2)n1. The molecule has 162 valence electrons. The summed E-state index contributed by atoms with van der Waals surface area (Å²) in [6.45, 7) is 0.294. The van der Waals surface area contributed by atoms with Crippen LogP contribution >= 0.6 is 0 Å². The van der Waals surface area contributed by atoms with Crippen LogP contribution in [-0.2, 0) is 6.61 Å². The number of amides is 1. The second kappa shape index (κ2) is 8.80. The second-order valence-electron chi connectivity index (χ2n) is 7.27. The molecule has 2 aromatic carbocycles. The highest BCUT2D eigenvalue weighted by atomic mass is 16.5. The number of fused-ring (bicyclic) bond motifs is 1. The van der Waals surface area contributed by atoms with Gasteiger partial charge in [-0.05, 0) is 42.5 Å². The number of carbonyl (C=O) groups excluding carboxylic acids is 1. The minimum Gasteiger partial charge on any atom is -0.487 e. The number of nitrogens with zero attached hydrogens (tertiary/aromatic N) is 4. The fraction of sp³-hybridized carbons (Fsp3) is 0.0400. The van der Waals surface area contributed by atoms with Gasteiger partial charge in [0.2, 0.25) is 0 Å². The van der Waals surface area contributed by atoms with Gasteiger partial charge in [0.15, 0.2) is 0 Å². The summed E-state index contributed by atoms with van der Waals surface area (Å²) in [5, 5.41) is 7.01. The number of ether oxygens (including phenoxy) is 1. The van der Waals surface area contributed by atoms with Crippen LogP contribution in [-0.4, -0.2) is 25.1 Å². The van der Waals surface area contributed by atoms with Gasteiger partial charge in [-0.1, -0.05) is 30.3 Å². The van der Waals surface area contributed by atoms with Gasteiger partial charge in [0.1, 0.15) is 23.7 Å². The van der Waals surface area contributed by atoms with E-state index in [-0.39, 0.29) is 11.3 Å². The Morgan fingerprint density at radius 2 is 1.79 bits per heavy atom. The highest BCUT2D eigenvalue weighted by Crippen LogP contribution is 2.19. The zero-order valence-electron chi connectivity index (χ0n) is 17.5. The number of benzene rings is 2. The van der Waals surface area contributed by atoms with Gasteiger partial charge in [-0.25, -0.2) is 4.98 Å². The molecule has 0 radical (unpaired) electrons. The number of anilines is 1. The lowest BCUT2D eigenvalue weighted by Gasteiger charge is -2.09. The van der Waals surface area contributed by atoms with Gasteiger partial charge in [-0.3, -0.25) is 9.59 Å². The van der Waals surface area contributed by atoms with Crippen LogP contribution < -0.4 is 15.6 Å². The minimum absolute atomic E-state index is 0.120. The molecule has 8 nitrogen and oxygen atoms in total. The zero-order chi connectivity index (χ0) is 22.6. The average molecular weight is 437 g/mol. The van der Waals surface area contributed by atoms with E-state index in [9.17, 15) is 9.59 Å². The fourth-order valence-electron chi connectivity index (χ4n) is 3.36. The highest BCUT2D eigenvalue weighted by Gasteiger charge is 2.12. The van der Waals surface area contributed by atoms with E-state index in [2.05, 4.69) is 15.4 Å². The molecule has 0 atom stereocenters. The molecule has 3 heterocycles. The number of para-hydroxylation sites is 1. The molecule has 0 bridgehead atoms. The topological polar surface area (TPSA) is 90.5 Å². The van der Waals surface area contributed by atoms with Crippen molar-refractivity contribution in [1.29, 1.82) is 0 Å². The van der Waals surface area contributed by atoms with Gasteiger partial charge in [0, 0.05) is 30.2 Å². The molecule has 33 heavy (non-hydrogen) atoms. The van der Waals surface area contributed by atoms with Gasteiger partial charge in [-0.2, -0.15) is 9.78 Å². The second-order valence-corrected chi connectivity index (χ2v) is 7.27. The molecule has 0 aliphatic rings. The lowest BCUT2D eigenvalue weighted by molar-refractivity contribution is 0.102. The lowest BCUT2D eigenvalue weighted by atomic mass is 10.2. The Morgan fingerprint density at radius 3 is 2.64 bits per heavy atom. The van der Waals surface area contributed by atoms with E-state index in [0.717, 1.165) is 11.3 Å². The van der Waals surface area contributed by atoms with E-state index in [4.69, 9.17) is 4.74 Å². The fourth-order valence-corrected chi connectivity index (χ4v) is 3.36. The van der Waals surface area contributed by atoms with Crippen molar-refractivity contribution in [3.63, 3.8) is 0 Å². The summed E-state index contributed by atoms with van der Waals surface area (Å²) >= 11 is 0. The third kappa shape index (κ3) is 4.49. The van der Waals surface area contributed by atoms with Crippen molar-refractivity contribution in [2.75, 3.05) is 5.32 Å². The zero-order valence-corrected chi connectivity index (χ0v) is 17.5. The van der Waals surface area contributed by atoms with Crippen molar-refractivity contribution in [1.82, 2.24) is 19.2 Å². The Bertz CT molecular complexity index is 1460. The summed E-state index contributed by atoms with van der Waals surface area (Å²) in [5.41, 5.74) is 2.57. The Morgan fingerprint density at radius 1 is 0.939 bits per heavy atom. The summed E-state index contributed by atoms with van der Waals surface area (Å²) in [6, 6.07) is 24.5. The molecule has 8 heteroatoms. The van der Waals surface area contributed by atoms with E-state index in [1.165, 1.54) is 16.8 Å². The van der Waals surface area contributed by atoms with Crippen LogP contribution in [0.15, 0.2) is 102 Å². The number of hydrogen-bond donors (Lipinski definition) is 1. The van der Waals surface area contributed by atoms with Crippen LogP contribution in [0.25, 0.3) is 11.3 Å². The molecular formula is C25H19N5O3. The normalized spacial score (nSPS) is 10.8. The van der Waals surface area contributed by atoms with Crippen molar-refractivity contribution in [2.24, 2.45) is 0 Å². The maximum Gasteiger partial charge on any atom is 0.276 e. The van der Waals surface area contributed by atoms with E-state index in [0.29, 0.717) is 23.7 Å². The highest BCUT2D eigenvalue weighted by molar-refractivity contribution is 6.02. The quantitative estimate of drug-likeness (QED) is 0.437. The summed E-state index contributed by atoms with van der Waals surface area (Å²) in [7, 11) is 0. The van der Waals surface area contributed by atoms with Gasteiger partial charge < -0.3 is 14.5 Å². The largest absolute Gasteiger partial charge is 0.487 e. The lowest BCUT2D eigenvalue weighted by Crippen LogP contribution is -2.24. The predicted molar refractivity (Wildman–Crippen MR) is 124 cm³/mol. The number of rotatable bonds is 6. The standard InChI is InChI=1S/C25H19N5O3/c31-24-13-12-22(28-30(24)20-8-2-1-3-9-20)25(32)27-18-7-6-10-21(15-18)33-17-19-16-29-14-5-4-11-23(29)26-19/h1-16H,17H2,(H,27,32). The summed E-state index contributed by atoms with van der Waals surface area (Å²) in [6.07, 6.45) is 3.84. The van der Waals surface area contributed by atoms with Crippen molar-refractivity contribution >= 4 is 17.2 Å². The van der Waals surface area contributed by atoms with Crippen molar-refractivity contribution < 1.29 is 9.53 Å². The molecule has 1 N–H and O–H groups in total. The first-order valence-electron chi connectivity index (χ1n) is 10.3. The van der Waals surface area contributed by atoms with E-state index in [1.807, 2.05) is 41.1 Å². The molecule has 0 unspecified atom stereocenters. The Balaban J connectivity index is 1.29. The van der Waals surface area contributed by atoms with Crippen molar-refractivity contribution in [2.45, 2.75) is 6.61 Å². The summed E-state index contributed by atoms with van der Waals surface area (Å²) in [5.74, 6) is 0.157. The Labute approximate surface area is 188 Å². The first kappa shape index (κ1) is 20.2. The maximum absolute atomic E-state index is 12.8. The minimum atomic E-state index is -0.433. The van der Waals surface area contributed by atoms with Gasteiger partial charge in [0.25, 0.3) is 11.5 Å². The van der Waals surface area contributed by atoms with Gasteiger partial charge in [0.05, 0.1) is 11.4 Å². The number of carbonyl (C=O) groups is 1. The summed E-state index contributed by atoms with van der Waals surface area (Å²) in [4.78, 5) is 29.5. The number of imidazole rings is 1. The summed E-state index contributed by atoms with van der Waals surface area (Å²) < 4.78 is 8.98. The van der Waals surface area contributed by atoms with Crippen LogP contribution in [0, 0.1) is 0 Å². The Kier molecular flexibility index (Phi) is 5.38. The predicted octanol–water partition coefficient (Wildman–Crippen LogP) is 3.71. The number of pyridine rings is 1. The number of hydrogen-bond acceptors (Lipinski definition) is 5. The van der Waals surface area contributed by atoms with E-state index in [1.54, 1.807) is 48.5 Å². The van der Waals surface area contributed by atoms with Gasteiger partial charge >= 0.3 is 0 Å². The first-order chi connectivity index (χ1) is 16.2. The molecular weight excluding hydrogens is 418 g/mol. The van der Waals surface area contributed by atoms with E-state index < -0.39 is 5.91 Å². The molecule has 1 amide bonds. The molecule has 3 aromatic heterocycles. The van der Waals surface area contributed by atoms with E-state index >= 15 is 0 Å². The van der Waals surface area contributed by atoms with Crippen LogP contribution in [0.4, 0.5) is 5.69 Å². The molecule has 0 fully saturated rings. The smallest absolute Gasteiger partial charge is 0.276 e. The number of nitrogens with one attached hydrogen (secondary N) is 1. The third-order valence-electron chi connectivity index (χ3n) is 4.93. The molecule has 0 saturated heterocycles. The van der Waals surface area contributed by atoms with Crippen molar-refractivity contribution in [3.05, 3.63) is 119 Å². The number of aromatic nitrogens is 4. The molecule has 0 aliphatic heterocycles. The van der Waals surface area contributed by atoms with Crippen LogP contribution in [0.3, 0.4) is 0 Å². The van der Waals surface area contributed by atoms with Crippen LogP contribution in [0.5, 0.6) is 5.75 Å². The molecule has 0 aliphatic carbocycles. The van der Waals surface area contributed by atoms with Crippen LogP contribution in [0.1, 0.15) is 16.2 Å². The molecule has 5 rings (SSSR count). The molecule has 5 aromatic rings. The monoisotopic (exact) mass is 437 g/mol.